The van der Waals surface area contributed by atoms with Crippen molar-refractivity contribution in [2.75, 3.05) is 6.54 Å². The van der Waals surface area contributed by atoms with Gasteiger partial charge in [-0.2, -0.15) is 8.78 Å². The molecule has 1 N–H and O–H groups in total. The third-order valence-corrected chi connectivity index (χ3v) is 2.00. The van der Waals surface area contributed by atoms with Gasteiger partial charge < -0.3 is 5.32 Å². The van der Waals surface area contributed by atoms with Crippen molar-refractivity contribution in [3.63, 3.8) is 0 Å². The summed E-state index contributed by atoms with van der Waals surface area (Å²) in [6, 6.07) is 0. The number of hydrogen-bond donors (Lipinski definition) is 1. The molecule has 0 aliphatic heterocycles. The van der Waals surface area contributed by atoms with Gasteiger partial charge in [-0.1, -0.05) is 11.6 Å². The molecule has 0 radical (unpaired) electrons. The molecule has 0 aromatic carbocycles. The average Bonchev–Trinajstić information content (AvgIpc) is 2.65. The molecule has 0 aliphatic carbocycles. The molecular formula is C8H9ClF3N3O. The summed E-state index contributed by atoms with van der Waals surface area (Å²) in [5.41, 5.74) is -2.13. The lowest BCUT2D eigenvalue weighted by Gasteiger charge is -2.07. The van der Waals surface area contributed by atoms with Crippen LogP contribution in [-0.4, -0.2) is 27.6 Å². The topological polar surface area (TPSA) is 46.9 Å². The van der Waals surface area contributed by atoms with Crippen LogP contribution in [-0.2, 0) is 11.2 Å². The van der Waals surface area contributed by atoms with Gasteiger partial charge in [-0.3, -0.25) is 9.36 Å². The van der Waals surface area contributed by atoms with Gasteiger partial charge in [0.2, 0.25) is 0 Å². The molecule has 1 rings (SSSR count). The van der Waals surface area contributed by atoms with Crippen molar-refractivity contribution in [1.82, 2.24) is 14.9 Å². The van der Waals surface area contributed by atoms with Crippen LogP contribution in [0.2, 0.25) is 0 Å². The van der Waals surface area contributed by atoms with Crippen molar-refractivity contribution in [2.45, 2.75) is 18.6 Å². The van der Waals surface area contributed by atoms with Gasteiger partial charge in [-0.15, -0.1) is 0 Å². The van der Waals surface area contributed by atoms with E-state index in [-0.39, 0.29) is 18.8 Å². The number of rotatable bonds is 5. The molecule has 1 aromatic rings. The molecule has 8 heteroatoms. The van der Waals surface area contributed by atoms with Crippen molar-refractivity contribution < 1.29 is 18.0 Å². The number of nitrogens with zero attached hydrogens (tertiary/aromatic N) is 2. The molecule has 0 spiro atoms. The van der Waals surface area contributed by atoms with Crippen LogP contribution in [0.5, 0.6) is 0 Å². The number of hydrogen-bond acceptors (Lipinski definition) is 2. The molecule has 1 amide bonds. The fourth-order valence-electron chi connectivity index (χ4n) is 1.09. The highest BCUT2D eigenvalue weighted by Gasteiger charge is 2.14. The second-order valence-corrected chi connectivity index (χ2v) is 3.25. The van der Waals surface area contributed by atoms with E-state index in [0.717, 1.165) is 6.20 Å². The van der Waals surface area contributed by atoms with Gasteiger partial charge in [0.05, 0.1) is 0 Å². The van der Waals surface area contributed by atoms with Gasteiger partial charge >= 0.3 is 6.55 Å². The van der Waals surface area contributed by atoms with Gasteiger partial charge in [0.1, 0.15) is 5.82 Å². The third kappa shape index (κ3) is 3.41. The number of carbonyl (C=O) groups excluding carboxylic acids is 1. The largest absolute Gasteiger partial charge is 0.352 e. The van der Waals surface area contributed by atoms with E-state index in [2.05, 4.69) is 10.3 Å². The minimum absolute atomic E-state index is 0.00426. The first-order chi connectivity index (χ1) is 7.52. The zero-order valence-electron chi connectivity index (χ0n) is 8.04. The summed E-state index contributed by atoms with van der Waals surface area (Å²) in [6.45, 7) is -2.69. The minimum Gasteiger partial charge on any atom is -0.352 e. The number of aromatic nitrogens is 2. The number of nitrogens with one attached hydrogen (secondary N) is 1. The van der Waals surface area contributed by atoms with Gasteiger partial charge in [0, 0.05) is 25.4 Å². The Morgan fingerprint density at radius 3 is 2.81 bits per heavy atom. The van der Waals surface area contributed by atoms with E-state index in [1.54, 1.807) is 0 Å². The van der Waals surface area contributed by atoms with Crippen LogP contribution < -0.4 is 5.32 Å². The Hall–Kier alpha value is -1.24. The van der Waals surface area contributed by atoms with Crippen LogP contribution in [0.1, 0.15) is 12.4 Å². The van der Waals surface area contributed by atoms with E-state index in [9.17, 15) is 18.0 Å². The molecule has 0 fully saturated rings. The Morgan fingerprint density at radius 2 is 2.25 bits per heavy atom. The average molecular weight is 256 g/mol. The Kier molecular flexibility index (Phi) is 4.60. The van der Waals surface area contributed by atoms with Crippen molar-refractivity contribution in [3.8, 4) is 0 Å². The molecular weight excluding hydrogens is 247 g/mol. The maximum Gasteiger partial charge on any atom is 0.319 e. The lowest BCUT2D eigenvalue weighted by Crippen LogP contribution is -2.31. The second kappa shape index (κ2) is 5.74. The van der Waals surface area contributed by atoms with Crippen molar-refractivity contribution in [3.05, 3.63) is 18.2 Å². The summed E-state index contributed by atoms with van der Waals surface area (Å²) >= 11 is 4.85. The zero-order chi connectivity index (χ0) is 12.1. The number of halogens is 4. The smallest absolute Gasteiger partial charge is 0.319 e. The Labute approximate surface area is 94.4 Å². The molecule has 0 bridgehead atoms. The molecule has 1 aromatic heterocycles. The molecule has 4 nitrogen and oxygen atoms in total. The Balaban J connectivity index is 2.43. The van der Waals surface area contributed by atoms with Crippen molar-refractivity contribution >= 4 is 17.5 Å². The van der Waals surface area contributed by atoms with E-state index in [4.69, 9.17) is 11.6 Å². The van der Waals surface area contributed by atoms with Gasteiger partial charge in [0.25, 0.3) is 11.5 Å². The van der Waals surface area contributed by atoms with E-state index in [1.807, 2.05) is 0 Å². The van der Waals surface area contributed by atoms with Crippen LogP contribution in [0.15, 0.2) is 12.4 Å². The van der Waals surface area contributed by atoms with Gasteiger partial charge in [0.15, 0.2) is 0 Å². The maximum atomic E-state index is 12.3. The number of imidazole rings is 1. The first-order valence-corrected chi connectivity index (χ1v) is 4.81. The normalized spacial score (nSPS) is 12.8. The molecule has 0 saturated carbocycles. The minimum atomic E-state index is -2.69. The van der Waals surface area contributed by atoms with Gasteiger partial charge in [-0.25, -0.2) is 9.37 Å². The maximum absolute atomic E-state index is 12.3. The second-order valence-electron chi connectivity index (χ2n) is 2.87. The molecule has 0 saturated heterocycles. The first-order valence-electron chi connectivity index (χ1n) is 4.38. The lowest BCUT2D eigenvalue weighted by molar-refractivity contribution is -0.123. The summed E-state index contributed by atoms with van der Waals surface area (Å²) in [6.07, 6.45) is 2.43. The van der Waals surface area contributed by atoms with Gasteiger partial charge in [-0.05, 0) is 0 Å². The van der Waals surface area contributed by atoms with Crippen LogP contribution in [0, 0.1) is 0 Å². The van der Waals surface area contributed by atoms with Crippen LogP contribution in [0.25, 0.3) is 0 Å². The van der Waals surface area contributed by atoms with Crippen molar-refractivity contribution in [2.24, 2.45) is 0 Å². The van der Waals surface area contributed by atoms with Crippen LogP contribution >= 0.6 is 11.6 Å². The summed E-state index contributed by atoms with van der Waals surface area (Å²) in [7, 11) is 0. The predicted molar refractivity (Wildman–Crippen MR) is 50.9 cm³/mol. The molecule has 1 unspecified atom stereocenters. The molecule has 90 valence electrons. The lowest BCUT2D eigenvalue weighted by atomic mass is 10.4. The Morgan fingerprint density at radius 1 is 1.56 bits per heavy atom. The highest BCUT2D eigenvalue weighted by molar-refractivity contribution is 6.29. The van der Waals surface area contributed by atoms with E-state index in [0.29, 0.717) is 4.57 Å². The van der Waals surface area contributed by atoms with E-state index >= 15 is 0 Å². The van der Waals surface area contributed by atoms with E-state index in [1.165, 1.54) is 6.20 Å². The third-order valence-electron chi connectivity index (χ3n) is 1.81. The SMILES string of the molecule is O=C(NCCc1nccn1C(F)F)C(F)Cl. The molecule has 16 heavy (non-hydrogen) atoms. The highest BCUT2D eigenvalue weighted by atomic mass is 35.5. The predicted octanol–water partition coefficient (Wildman–Crippen LogP) is 1.47. The van der Waals surface area contributed by atoms with Crippen LogP contribution in [0.4, 0.5) is 13.2 Å². The molecule has 1 atom stereocenters. The Bertz CT molecular complexity index is 356. The number of alkyl halides is 4. The summed E-state index contributed by atoms with van der Waals surface area (Å²) in [4.78, 5) is 14.4. The standard InChI is InChI=1S/C8H9ClF3N3O/c9-6(10)7(16)14-2-1-5-13-3-4-15(5)8(11)12/h3-4,6,8H,1-2H2,(H,14,16). The molecule has 0 aliphatic rings. The quantitative estimate of drug-likeness (QED) is 0.810. The number of carbonyl (C=O) groups is 1. The summed E-state index contributed by atoms with van der Waals surface area (Å²) < 4.78 is 37.5. The fourth-order valence-corrected chi connectivity index (χ4v) is 1.17. The fraction of sp³-hybridized carbons (Fsp3) is 0.500. The number of amides is 1. The summed E-state index contributed by atoms with van der Waals surface area (Å²) in [5.74, 6) is -0.878. The monoisotopic (exact) mass is 255 g/mol. The van der Waals surface area contributed by atoms with Crippen molar-refractivity contribution in [1.29, 1.82) is 0 Å². The van der Waals surface area contributed by atoms with Crippen LogP contribution in [0.3, 0.4) is 0 Å². The summed E-state index contributed by atoms with van der Waals surface area (Å²) in [5, 5.41) is 2.14. The zero-order valence-corrected chi connectivity index (χ0v) is 8.79. The van der Waals surface area contributed by atoms with E-state index < -0.39 is 18.1 Å². The highest BCUT2D eigenvalue weighted by Crippen LogP contribution is 2.12. The molecule has 1 heterocycles. The first kappa shape index (κ1) is 12.8.